The van der Waals surface area contributed by atoms with E-state index in [-0.39, 0.29) is 5.92 Å². The van der Waals surface area contributed by atoms with Crippen molar-refractivity contribution in [1.82, 2.24) is 14.8 Å². The normalized spacial score (nSPS) is 10.7. The Morgan fingerprint density at radius 2 is 2.31 bits per heavy atom. The van der Waals surface area contributed by atoms with Crippen molar-refractivity contribution >= 4 is 5.78 Å². The lowest BCUT2D eigenvalue weighted by Crippen LogP contribution is -2.08. The van der Waals surface area contributed by atoms with Crippen LogP contribution < -0.4 is 0 Å². The predicted molar refractivity (Wildman–Crippen MR) is 49.1 cm³/mol. The Bertz CT molecular complexity index is 254. The maximum atomic E-state index is 11.2. The third-order valence-corrected chi connectivity index (χ3v) is 1.92. The second-order valence-corrected chi connectivity index (χ2v) is 3.38. The molecule has 0 fully saturated rings. The third-order valence-electron chi connectivity index (χ3n) is 1.92. The first-order chi connectivity index (χ1) is 6.20. The van der Waals surface area contributed by atoms with Crippen molar-refractivity contribution in [3.8, 4) is 0 Å². The second-order valence-electron chi connectivity index (χ2n) is 3.38. The minimum absolute atomic E-state index is 0.149. The van der Waals surface area contributed by atoms with Gasteiger partial charge in [-0.25, -0.2) is 4.98 Å². The van der Waals surface area contributed by atoms with E-state index in [1.165, 1.54) is 6.33 Å². The summed E-state index contributed by atoms with van der Waals surface area (Å²) in [6.45, 7) is 4.63. The SMILES string of the molecule is CC(C)C(=O)CCCn1cncn1. The summed E-state index contributed by atoms with van der Waals surface area (Å²) in [6, 6.07) is 0. The van der Waals surface area contributed by atoms with E-state index in [9.17, 15) is 4.79 Å². The summed E-state index contributed by atoms with van der Waals surface area (Å²) in [5.74, 6) is 0.468. The number of hydrogen-bond acceptors (Lipinski definition) is 3. The Labute approximate surface area is 78.0 Å². The van der Waals surface area contributed by atoms with Gasteiger partial charge in [0.15, 0.2) is 0 Å². The van der Waals surface area contributed by atoms with Crippen molar-refractivity contribution < 1.29 is 4.79 Å². The first-order valence-corrected chi connectivity index (χ1v) is 4.55. The molecule has 0 aliphatic heterocycles. The monoisotopic (exact) mass is 181 g/mol. The van der Waals surface area contributed by atoms with Gasteiger partial charge in [0.05, 0.1) is 0 Å². The van der Waals surface area contributed by atoms with E-state index in [0.717, 1.165) is 13.0 Å². The molecule has 13 heavy (non-hydrogen) atoms. The summed E-state index contributed by atoms with van der Waals surface area (Å²) in [5.41, 5.74) is 0. The molecular weight excluding hydrogens is 166 g/mol. The highest BCUT2D eigenvalue weighted by atomic mass is 16.1. The molecule has 0 aromatic carbocycles. The van der Waals surface area contributed by atoms with Crippen LogP contribution in [0.4, 0.5) is 0 Å². The second kappa shape index (κ2) is 4.74. The van der Waals surface area contributed by atoms with Crippen LogP contribution in [-0.2, 0) is 11.3 Å². The standard InChI is InChI=1S/C9H15N3O/c1-8(2)9(13)4-3-5-12-7-10-6-11-12/h6-8H,3-5H2,1-2H3. The van der Waals surface area contributed by atoms with E-state index in [0.29, 0.717) is 12.2 Å². The first kappa shape index (κ1) is 9.89. The molecule has 1 rings (SSSR count). The number of hydrogen-bond donors (Lipinski definition) is 0. The van der Waals surface area contributed by atoms with Crippen molar-refractivity contribution in [3.63, 3.8) is 0 Å². The van der Waals surface area contributed by atoms with Crippen molar-refractivity contribution in [3.05, 3.63) is 12.7 Å². The van der Waals surface area contributed by atoms with Crippen molar-refractivity contribution in [1.29, 1.82) is 0 Å². The van der Waals surface area contributed by atoms with Crippen LogP contribution in [0.2, 0.25) is 0 Å². The molecule has 4 heteroatoms. The van der Waals surface area contributed by atoms with Gasteiger partial charge in [0, 0.05) is 18.9 Å². The van der Waals surface area contributed by atoms with Gasteiger partial charge >= 0.3 is 0 Å². The van der Waals surface area contributed by atoms with Crippen molar-refractivity contribution in [2.75, 3.05) is 0 Å². The van der Waals surface area contributed by atoms with Gasteiger partial charge < -0.3 is 0 Å². The first-order valence-electron chi connectivity index (χ1n) is 4.55. The fourth-order valence-electron chi connectivity index (χ4n) is 1.05. The number of Topliss-reactive ketones (excluding diaryl/α,β-unsaturated/α-hetero) is 1. The van der Waals surface area contributed by atoms with Crippen LogP contribution >= 0.6 is 0 Å². The molecule has 0 atom stereocenters. The molecule has 0 saturated carbocycles. The summed E-state index contributed by atoms with van der Waals surface area (Å²) >= 11 is 0. The molecule has 0 saturated heterocycles. The topological polar surface area (TPSA) is 47.8 Å². The lowest BCUT2D eigenvalue weighted by Gasteiger charge is -2.03. The highest BCUT2D eigenvalue weighted by Gasteiger charge is 2.06. The van der Waals surface area contributed by atoms with Crippen molar-refractivity contribution in [2.45, 2.75) is 33.2 Å². The van der Waals surface area contributed by atoms with Gasteiger partial charge in [-0.3, -0.25) is 9.48 Å². The van der Waals surface area contributed by atoms with E-state index >= 15 is 0 Å². The summed E-state index contributed by atoms with van der Waals surface area (Å²) in [4.78, 5) is 15.0. The Morgan fingerprint density at radius 3 is 2.85 bits per heavy atom. The Morgan fingerprint density at radius 1 is 1.54 bits per heavy atom. The van der Waals surface area contributed by atoms with Gasteiger partial charge in [-0.1, -0.05) is 13.8 Å². The average Bonchev–Trinajstić information content (AvgIpc) is 2.56. The Balaban J connectivity index is 2.18. The molecule has 0 bridgehead atoms. The van der Waals surface area contributed by atoms with E-state index in [1.54, 1.807) is 11.0 Å². The van der Waals surface area contributed by atoms with E-state index in [2.05, 4.69) is 10.1 Å². The molecule has 0 radical (unpaired) electrons. The smallest absolute Gasteiger partial charge is 0.137 e. The summed E-state index contributed by atoms with van der Waals surface area (Å²) in [5, 5.41) is 3.95. The molecule has 0 amide bonds. The van der Waals surface area contributed by atoms with Gasteiger partial charge in [0.25, 0.3) is 0 Å². The molecular formula is C9H15N3O. The quantitative estimate of drug-likeness (QED) is 0.687. The highest BCUT2D eigenvalue weighted by molar-refractivity contribution is 5.80. The zero-order valence-electron chi connectivity index (χ0n) is 8.10. The molecule has 1 heterocycles. The van der Waals surface area contributed by atoms with Gasteiger partial charge in [-0.15, -0.1) is 0 Å². The average molecular weight is 181 g/mol. The number of aryl methyl sites for hydroxylation is 1. The minimum atomic E-state index is 0.149. The zero-order chi connectivity index (χ0) is 9.68. The van der Waals surface area contributed by atoms with E-state index in [4.69, 9.17) is 0 Å². The molecule has 72 valence electrons. The number of carbonyl (C=O) groups is 1. The van der Waals surface area contributed by atoms with Crippen LogP contribution in [0.3, 0.4) is 0 Å². The maximum Gasteiger partial charge on any atom is 0.137 e. The summed E-state index contributed by atoms with van der Waals surface area (Å²) < 4.78 is 1.74. The number of ketones is 1. The maximum absolute atomic E-state index is 11.2. The zero-order valence-corrected chi connectivity index (χ0v) is 8.10. The van der Waals surface area contributed by atoms with Crippen LogP contribution in [0.15, 0.2) is 12.7 Å². The van der Waals surface area contributed by atoms with Crippen LogP contribution in [0, 0.1) is 5.92 Å². The molecule has 1 aromatic rings. The molecule has 4 nitrogen and oxygen atoms in total. The van der Waals surface area contributed by atoms with Crippen LogP contribution in [0.5, 0.6) is 0 Å². The number of rotatable bonds is 5. The fourth-order valence-corrected chi connectivity index (χ4v) is 1.05. The van der Waals surface area contributed by atoms with Crippen molar-refractivity contribution in [2.24, 2.45) is 5.92 Å². The highest BCUT2D eigenvalue weighted by Crippen LogP contribution is 2.02. The van der Waals surface area contributed by atoms with Gasteiger partial charge in [0.1, 0.15) is 18.4 Å². The molecule has 0 spiro atoms. The lowest BCUT2D eigenvalue weighted by molar-refractivity contribution is -0.122. The Kier molecular flexibility index (Phi) is 3.61. The fraction of sp³-hybridized carbons (Fsp3) is 0.667. The number of aromatic nitrogens is 3. The predicted octanol–water partition coefficient (Wildman–Crippen LogP) is 1.28. The largest absolute Gasteiger partial charge is 0.299 e. The minimum Gasteiger partial charge on any atom is -0.299 e. The van der Waals surface area contributed by atoms with Crippen LogP contribution in [0.1, 0.15) is 26.7 Å². The number of carbonyl (C=O) groups excluding carboxylic acids is 1. The van der Waals surface area contributed by atoms with E-state index in [1.807, 2.05) is 13.8 Å². The molecule has 0 aliphatic rings. The van der Waals surface area contributed by atoms with Gasteiger partial charge in [-0.2, -0.15) is 5.10 Å². The third kappa shape index (κ3) is 3.36. The van der Waals surface area contributed by atoms with Gasteiger partial charge in [0.2, 0.25) is 0 Å². The van der Waals surface area contributed by atoms with E-state index < -0.39 is 0 Å². The molecule has 0 unspecified atom stereocenters. The van der Waals surface area contributed by atoms with Crippen LogP contribution in [-0.4, -0.2) is 20.5 Å². The molecule has 1 aromatic heterocycles. The molecule has 0 N–H and O–H groups in total. The Hall–Kier alpha value is -1.19. The summed E-state index contributed by atoms with van der Waals surface area (Å²) in [6.07, 6.45) is 4.65. The number of nitrogens with zero attached hydrogens (tertiary/aromatic N) is 3. The lowest BCUT2D eigenvalue weighted by atomic mass is 10.1. The van der Waals surface area contributed by atoms with Gasteiger partial charge in [-0.05, 0) is 6.42 Å². The summed E-state index contributed by atoms with van der Waals surface area (Å²) in [7, 11) is 0. The van der Waals surface area contributed by atoms with Crippen LogP contribution in [0.25, 0.3) is 0 Å². The molecule has 0 aliphatic carbocycles.